The molecule has 2 heterocycles. The number of allylic oxidation sites excluding steroid dienone is 1. The predicted octanol–water partition coefficient (Wildman–Crippen LogP) is 5.32. The maximum Gasteiger partial charge on any atom is 0.191 e. The Morgan fingerprint density at radius 3 is 2.85 bits per heavy atom. The van der Waals surface area contributed by atoms with Crippen LogP contribution in [-0.4, -0.2) is 19.7 Å². The molecule has 0 aliphatic heterocycles. The van der Waals surface area contributed by atoms with Crippen LogP contribution in [0.5, 0.6) is 5.75 Å². The molecule has 3 aromatic rings. The molecule has 8 heteroatoms. The lowest BCUT2D eigenvalue weighted by Gasteiger charge is -2.06. The second-order valence-corrected chi connectivity index (χ2v) is 8.60. The number of hydrogen-bond donors (Lipinski definition) is 0. The van der Waals surface area contributed by atoms with Gasteiger partial charge in [-0.25, -0.2) is 4.98 Å². The normalized spacial score (nSPS) is 13.7. The van der Waals surface area contributed by atoms with Crippen molar-refractivity contribution in [1.82, 2.24) is 19.7 Å². The monoisotopic (exact) mass is 418 g/mol. The van der Waals surface area contributed by atoms with E-state index in [0.717, 1.165) is 39.7 Å². The Morgan fingerprint density at radius 1 is 1.30 bits per heavy atom. The van der Waals surface area contributed by atoms with Gasteiger partial charge >= 0.3 is 0 Å². The minimum absolute atomic E-state index is 0.454. The molecule has 1 fully saturated rings. The third kappa shape index (κ3) is 4.72. The van der Waals surface area contributed by atoms with Gasteiger partial charge in [-0.2, -0.15) is 0 Å². The molecule has 0 spiro atoms. The van der Waals surface area contributed by atoms with Crippen LogP contribution in [0, 0.1) is 0 Å². The number of thiazole rings is 1. The van der Waals surface area contributed by atoms with Crippen molar-refractivity contribution < 1.29 is 4.74 Å². The highest BCUT2D eigenvalue weighted by Crippen LogP contribution is 2.40. The zero-order valence-electron chi connectivity index (χ0n) is 14.7. The van der Waals surface area contributed by atoms with Crippen molar-refractivity contribution in [2.24, 2.45) is 0 Å². The highest BCUT2D eigenvalue weighted by molar-refractivity contribution is 7.98. The summed E-state index contributed by atoms with van der Waals surface area (Å²) < 4.78 is 7.93. The molecule has 1 aromatic carbocycles. The summed E-state index contributed by atoms with van der Waals surface area (Å²) in [5, 5.41) is 13.4. The molecule has 4 rings (SSSR count). The summed E-state index contributed by atoms with van der Waals surface area (Å²) in [6.45, 7) is 5.05. The third-order valence-corrected chi connectivity index (χ3v) is 6.25. The van der Waals surface area contributed by atoms with Gasteiger partial charge in [-0.1, -0.05) is 29.4 Å². The van der Waals surface area contributed by atoms with E-state index in [9.17, 15) is 0 Å². The zero-order valence-corrected chi connectivity index (χ0v) is 17.1. The summed E-state index contributed by atoms with van der Waals surface area (Å²) in [5.74, 6) is 3.21. The van der Waals surface area contributed by atoms with E-state index >= 15 is 0 Å². The van der Waals surface area contributed by atoms with Gasteiger partial charge in [-0.3, -0.25) is 0 Å². The number of thioether (sulfide) groups is 1. The Kier molecular flexibility index (Phi) is 5.80. The largest absolute Gasteiger partial charge is 0.486 e. The van der Waals surface area contributed by atoms with E-state index in [1.807, 2.05) is 30.3 Å². The molecule has 2 aromatic heterocycles. The topological polar surface area (TPSA) is 52.8 Å². The maximum atomic E-state index is 5.89. The van der Waals surface area contributed by atoms with Gasteiger partial charge in [0.15, 0.2) is 5.16 Å². The van der Waals surface area contributed by atoms with Crippen molar-refractivity contribution >= 4 is 34.7 Å². The van der Waals surface area contributed by atoms with E-state index < -0.39 is 0 Å². The molecular formula is C19H19ClN4OS2. The van der Waals surface area contributed by atoms with Crippen molar-refractivity contribution in [3.63, 3.8) is 0 Å². The van der Waals surface area contributed by atoms with E-state index in [1.165, 1.54) is 12.8 Å². The molecule has 0 amide bonds. The molecule has 5 nitrogen and oxygen atoms in total. The molecule has 1 saturated carbocycles. The van der Waals surface area contributed by atoms with Crippen LogP contribution < -0.4 is 4.74 Å². The molecule has 0 N–H and O–H groups in total. The van der Waals surface area contributed by atoms with E-state index in [-0.39, 0.29) is 0 Å². The Morgan fingerprint density at radius 2 is 2.11 bits per heavy atom. The van der Waals surface area contributed by atoms with Gasteiger partial charge in [-0.05, 0) is 37.1 Å². The first-order valence-electron chi connectivity index (χ1n) is 8.71. The minimum Gasteiger partial charge on any atom is -0.486 e. The molecule has 140 valence electrons. The third-order valence-electron chi connectivity index (χ3n) is 4.12. The molecule has 0 atom stereocenters. The summed E-state index contributed by atoms with van der Waals surface area (Å²) >= 11 is 9.16. The van der Waals surface area contributed by atoms with Crippen LogP contribution in [-0.2, 0) is 18.9 Å². The number of hydrogen-bond acceptors (Lipinski definition) is 6. The molecule has 0 saturated heterocycles. The lowest BCUT2D eigenvalue weighted by atomic mass is 10.3. The van der Waals surface area contributed by atoms with Gasteiger partial charge in [0.2, 0.25) is 0 Å². The van der Waals surface area contributed by atoms with Crippen LogP contribution in [0.25, 0.3) is 0 Å². The van der Waals surface area contributed by atoms with E-state index in [1.54, 1.807) is 23.1 Å². The lowest BCUT2D eigenvalue weighted by molar-refractivity contribution is 0.305. The van der Waals surface area contributed by atoms with E-state index in [4.69, 9.17) is 16.3 Å². The number of halogens is 1. The van der Waals surface area contributed by atoms with Crippen LogP contribution in [0.1, 0.15) is 35.3 Å². The Bertz CT molecular complexity index is 918. The van der Waals surface area contributed by atoms with Gasteiger partial charge < -0.3 is 9.30 Å². The quantitative estimate of drug-likeness (QED) is 0.347. The second kappa shape index (κ2) is 8.46. The van der Waals surface area contributed by atoms with Crippen molar-refractivity contribution in [1.29, 1.82) is 0 Å². The predicted molar refractivity (Wildman–Crippen MR) is 110 cm³/mol. The highest BCUT2D eigenvalue weighted by atomic mass is 35.5. The number of rotatable bonds is 9. The molecule has 0 unspecified atom stereocenters. The summed E-state index contributed by atoms with van der Waals surface area (Å²) in [4.78, 5) is 4.66. The number of ether oxygens (including phenoxy) is 1. The van der Waals surface area contributed by atoms with Crippen LogP contribution in [0.2, 0.25) is 5.02 Å². The van der Waals surface area contributed by atoms with Gasteiger partial charge in [0.05, 0.1) is 5.69 Å². The Balaban J connectivity index is 1.34. The SMILES string of the molecule is C=CCn1c(SCc2csc(COc3ccc(Cl)cc3)n2)nnc1C1CC1. The average molecular weight is 419 g/mol. The molecule has 1 aliphatic carbocycles. The molecular weight excluding hydrogens is 400 g/mol. The lowest BCUT2D eigenvalue weighted by Crippen LogP contribution is -2.02. The molecule has 27 heavy (non-hydrogen) atoms. The van der Waals surface area contributed by atoms with Crippen molar-refractivity contribution in [3.8, 4) is 5.75 Å². The van der Waals surface area contributed by atoms with Gasteiger partial charge in [-0.15, -0.1) is 28.1 Å². The summed E-state index contributed by atoms with van der Waals surface area (Å²) in [5.41, 5.74) is 1.03. The summed E-state index contributed by atoms with van der Waals surface area (Å²) in [6, 6.07) is 7.35. The van der Waals surface area contributed by atoms with Crippen molar-refractivity contribution in [2.45, 2.75) is 42.8 Å². The fraction of sp³-hybridized carbons (Fsp3) is 0.316. The Hall–Kier alpha value is -1.83. The van der Waals surface area contributed by atoms with Crippen LogP contribution in [0.15, 0.2) is 47.5 Å². The van der Waals surface area contributed by atoms with Crippen molar-refractivity contribution in [2.75, 3.05) is 0 Å². The molecule has 1 aliphatic rings. The van der Waals surface area contributed by atoms with E-state index in [0.29, 0.717) is 17.5 Å². The number of aromatic nitrogens is 4. The maximum absolute atomic E-state index is 5.89. The zero-order chi connectivity index (χ0) is 18.6. The summed E-state index contributed by atoms with van der Waals surface area (Å²) in [7, 11) is 0. The molecule has 0 radical (unpaired) electrons. The van der Waals surface area contributed by atoms with Gasteiger partial charge in [0.25, 0.3) is 0 Å². The number of benzene rings is 1. The van der Waals surface area contributed by atoms with Gasteiger partial charge in [0, 0.05) is 28.6 Å². The minimum atomic E-state index is 0.454. The standard InChI is InChI=1S/C19H19ClN4OS2/c1-2-9-24-18(13-3-4-13)22-23-19(24)27-12-15-11-26-17(21-15)10-25-16-7-5-14(20)6-8-16/h2,5-8,11,13H,1,3-4,9-10,12H2. The second-order valence-electron chi connectivity index (χ2n) is 6.28. The fourth-order valence-corrected chi connectivity index (χ4v) is 4.43. The first-order chi connectivity index (χ1) is 13.2. The Labute approximate surface area is 171 Å². The van der Waals surface area contributed by atoms with Crippen molar-refractivity contribution in [3.05, 3.63) is 63.8 Å². The summed E-state index contributed by atoms with van der Waals surface area (Å²) in [6.07, 6.45) is 4.32. The smallest absolute Gasteiger partial charge is 0.191 e. The highest BCUT2D eigenvalue weighted by Gasteiger charge is 2.30. The first kappa shape index (κ1) is 18.5. The van der Waals surface area contributed by atoms with Crippen LogP contribution >= 0.6 is 34.7 Å². The number of nitrogens with zero attached hydrogens (tertiary/aromatic N) is 4. The fourth-order valence-electron chi connectivity index (χ4n) is 2.65. The van der Waals surface area contributed by atoms with E-state index in [2.05, 4.69) is 31.7 Å². The first-order valence-corrected chi connectivity index (χ1v) is 11.0. The molecule has 0 bridgehead atoms. The van der Waals surface area contributed by atoms with Crippen LogP contribution in [0.3, 0.4) is 0 Å². The van der Waals surface area contributed by atoms with Gasteiger partial charge in [0.1, 0.15) is 23.2 Å². The average Bonchev–Trinajstić information content (AvgIpc) is 3.29. The van der Waals surface area contributed by atoms with Crippen LogP contribution in [0.4, 0.5) is 0 Å².